The van der Waals surface area contributed by atoms with Crippen LogP contribution in [0, 0.1) is 5.92 Å². The maximum atomic E-state index is 11.2. The van der Waals surface area contributed by atoms with Crippen molar-refractivity contribution in [3.63, 3.8) is 0 Å². The summed E-state index contributed by atoms with van der Waals surface area (Å²) in [5.74, 6) is -0.152. The number of allylic oxidation sites excluding steroid dienone is 2. The molecule has 66 valence electrons. The van der Waals surface area contributed by atoms with Crippen LogP contribution in [0.5, 0.6) is 0 Å². The van der Waals surface area contributed by atoms with Gasteiger partial charge in [-0.2, -0.15) is 0 Å². The van der Waals surface area contributed by atoms with Crippen molar-refractivity contribution in [2.45, 2.75) is 20.3 Å². The molecule has 0 aliphatic heterocycles. The van der Waals surface area contributed by atoms with Gasteiger partial charge in [0.05, 0.1) is 12.5 Å². The lowest BCUT2D eigenvalue weighted by Crippen LogP contribution is -2.28. The average molecular weight is 166 g/mol. The van der Waals surface area contributed by atoms with E-state index in [9.17, 15) is 4.79 Å². The van der Waals surface area contributed by atoms with Crippen LogP contribution < -0.4 is 0 Å². The summed E-state index contributed by atoms with van der Waals surface area (Å²) in [6, 6.07) is 0. The van der Waals surface area contributed by atoms with Crippen molar-refractivity contribution in [1.82, 2.24) is 0 Å². The lowest BCUT2D eigenvalue weighted by molar-refractivity contribution is -0.147. The van der Waals surface area contributed by atoms with Crippen molar-refractivity contribution in [2.75, 3.05) is 6.61 Å². The van der Waals surface area contributed by atoms with Crippen LogP contribution in [0.1, 0.15) is 20.3 Å². The molecule has 0 heterocycles. The van der Waals surface area contributed by atoms with E-state index in [2.05, 4.69) is 6.58 Å². The Morgan fingerprint density at radius 3 is 2.92 bits per heavy atom. The fraction of sp³-hybridized carbons (Fsp3) is 0.500. The van der Waals surface area contributed by atoms with Crippen LogP contribution in [0.3, 0.4) is 0 Å². The molecule has 0 radical (unpaired) electrons. The van der Waals surface area contributed by atoms with Gasteiger partial charge in [0.15, 0.2) is 0 Å². The fourth-order valence-electron chi connectivity index (χ4n) is 1.45. The first kappa shape index (κ1) is 9.04. The van der Waals surface area contributed by atoms with Crippen molar-refractivity contribution < 1.29 is 9.53 Å². The van der Waals surface area contributed by atoms with Gasteiger partial charge in [-0.1, -0.05) is 18.2 Å². The van der Waals surface area contributed by atoms with Crippen molar-refractivity contribution in [3.05, 3.63) is 23.8 Å². The van der Waals surface area contributed by atoms with Gasteiger partial charge in [-0.15, -0.1) is 0 Å². The zero-order valence-electron chi connectivity index (χ0n) is 7.59. The van der Waals surface area contributed by atoms with Crippen LogP contribution in [0.25, 0.3) is 0 Å². The first-order chi connectivity index (χ1) is 5.70. The van der Waals surface area contributed by atoms with Gasteiger partial charge in [0.25, 0.3) is 0 Å². The van der Waals surface area contributed by atoms with E-state index in [0.717, 1.165) is 17.6 Å². The quantitative estimate of drug-likeness (QED) is 0.587. The normalized spacial score (nSPS) is 25.3. The highest BCUT2D eigenvalue weighted by molar-refractivity contribution is 5.81. The Kier molecular flexibility index (Phi) is 2.69. The predicted octanol–water partition coefficient (Wildman–Crippen LogP) is 2.07. The Hall–Kier alpha value is -1.05. The lowest BCUT2D eigenvalue weighted by atomic mass is 9.75. The highest BCUT2D eigenvalue weighted by Crippen LogP contribution is 2.38. The summed E-state index contributed by atoms with van der Waals surface area (Å²) < 4.78 is 4.91. The number of carbonyl (C=O) groups is 1. The van der Waals surface area contributed by atoms with Crippen LogP contribution >= 0.6 is 0 Å². The fourth-order valence-corrected chi connectivity index (χ4v) is 1.45. The Labute approximate surface area is 72.9 Å². The molecule has 0 aromatic carbocycles. The summed E-state index contributed by atoms with van der Waals surface area (Å²) in [6.45, 7) is 8.03. The number of carbonyl (C=O) groups excluding carboxylic acids is 1. The molecular weight excluding hydrogens is 152 g/mol. The second-order valence-electron chi connectivity index (χ2n) is 2.86. The number of esters is 1. The lowest BCUT2D eigenvalue weighted by Gasteiger charge is -2.30. The Bertz CT molecular complexity index is 238. The Balaban J connectivity index is 2.56. The third-order valence-corrected chi connectivity index (χ3v) is 2.12. The summed E-state index contributed by atoms with van der Waals surface area (Å²) in [5.41, 5.74) is 2.11. The molecule has 1 unspecified atom stereocenters. The highest BCUT2D eigenvalue weighted by Gasteiger charge is 2.34. The minimum Gasteiger partial charge on any atom is -0.466 e. The van der Waals surface area contributed by atoms with Crippen LogP contribution in [0.4, 0.5) is 0 Å². The van der Waals surface area contributed by atoms with Gasteiger partial charge in [0.2, 0.25) is 0 Å². The summed E-state index contributed by atoms with van der Waals surface area (Å²) >= 11 is 0. The van der Waals surface area contributed by atoms with Crippen LogP contribution in [0.15, 0.2) is 23.8 Å². The summed E-state index contributed by atoms with van der Waals surface area (Å²) in [6.07, 6.45) is 2.70. The monoisotopic (exact) mass is 166 g/mol. The maximum Gasteiger partial charge on any atom is 0.313 e. The van der Waals surface area contributed by atoms with Crippen LogP contribution in [-0.4, -0.2) is 12.6 Å². The van der Waals surface area contributed by atoms with Gasteiger partial charge in [0, 0.05) is 0 Å². The molecule has 0 amide bonds. The largest absolute Gasteiger partial charge is 0.466 e. The first-order valence-electron chi connectivity index (χ1n) is 4.21. The standard InChI is InChI=1S/C10H14O2/c1-4-8-7(3)6-9(8)10(11)12-5-2/h4,9H,3,5-6H2,1-2H3/b8-4+. The maximum absolute atomic E-state index is 11.2. The number of hydrogen-bond acceptors (Lipinski definition) is 2. The molecule has 1 atom stereocenters. The van der Waals surface area contributed by atoms with E-state index in [-0.39, 0.29) is 11.9 Å². The number of hydrogen-bond donors (Lipinski definition) is 0. The molecule has 1 aliphatic rings. The highest BCUT2D eigenvalue weighted by atomic mass is 16.5. The van der Waals surface area contributed by atoms with Crippen molar-refractivity contribution >= 4 is 5.97 Å². The van der Waals surface area contributed by atoms with E-state index in [1.54, 1.807) is 0 Å². The van der Waals surface area contributed by atoms with Gasteiger partial charge in [-0.05, 0) is 25.8 Å². The SMILES string of the molecule is C=C1CC(C(=O)OCC)/C1=C/C. The van der Waals surface area contributed by atoms with Gasteiger partial charge >= 0.3 is 5.97 Å². The molecule has 0 aromatic rings. The van der Waals surface area contributed by atoms with Gasteiger partial charge in [-0.25, -0.2) is 0 Å². The minimum absolute atomic E-state index is 0.0394. The molecule has 2 nitrogen and oxygen atoms in total. The van der Waals surface area contributed by atoms with Gasteiger partial charge in [0.1, 0.15) is 0 Å². The van der Waals surface area contributed by atoms with E-state index >= 15 is 0 Å². The molecular formula is C10H14O2. The summed E-state index contributed by atoms with van der Waals surface area (Å²) in [5, 5.41) is 0. The minimum atomic E-state index is -0.113. The van der Waals surface area contributed by atoms with Crippen molar-refractivity contribution in [2.24, 2.45) is 5.92 Å². The number of ether oxygens (including phenoxy) is 1. The van der Waals surface area contributed by atoms with Crippen molar-refractivity contribution in [3.8, 4) is 0 Å². The van der Waals surface area contributed by atoms with E-state index < -0.39 is 0 Å². The zero-order chi connectivity index (χ0) is 9.14. The van der Waals surface area contributed by atoms with Crippen LogP contribution in [0.2, 0.25) is 0 Å². The molecule has 1 aliphatic carbocycles. The smallest absolute Gasteiger partial charge is 0.313 e. The summed E-state index contributed by atoms with van der Waals surface area (Å²) in [7, 11) is 0. The first-order valence-corrected chi connectivity index (χ1v) is 4.21. The number of rotatable bonds is 2. The molecule has 0 aromatic heterocycles. The third kappa shape index (κ3) is 1.42. The average Bonchev–Trinajstić information content (AvgIpc) is 2.01. The molecule has 2 heteroatoms. The second-order valence-corrected chi connectivity index (χ2v) is 2.86. The molecule has 0 bridgehead atoms. The zero-order valence-corrected chi connectivity index (χ0v) is 7.59. The van der Waals surface area contributed by atoms with E-state index in [1.807, 2.05) is 19.9 Å². The third-order valence-electron chi connectivity index (χ3n) is 2.12. The molecule has 0 saturated heterocycles. The van der Waals surface area contributed by atoms with Crippen molar-refractivity contribution in [1.29, 1.82) is 0 Å². The molecule has 1 saturated carbocycles. The molecule has 0 spiro atoms. The van der Waals surface area contributed by atoms with E-state index in [1.165, 1.54) is 0 Å². The van der Waals surface area contributed by atoms with E-state index in [4.69, 9.17) is 4.74 Å². The Morgan fingerprint density at radius 1 is 1.83 bits per heavy atom. The van der Waals surface area contributed by atoms with Gasteiger partial charge in [-0.3, -0.25) is 4.79 Å². The molecule has 12 heavy (non-hydrogen) atoms. The molecule has 1 rings (SSSR count). The summed E-state index contributed by atoms with van der Waals surface area (Å²) in [4.78, 5) is 11.2. The second kappa shape index (κ2) is 3.57. The predicted molar refractivity (Wildman–Crippen MR) is 47.6 cm³/mol. The molecule has 0 N–H and O–H groups in total. The van der Waals surface area contributed by atoms with Crippen LogP contribution in [-0.2, 0) is 9.53 Å². The topological polar surface area (TPSA) is 26.3 Å². The Morgan fingerprint density at radius 2 is 2.50 bits per heavy atom. The van der Waals surface area contributed by atoms with Gasteiger partial charge < -0.3 is 4.74 Å². The molecule has 1 fully saturated rings. The van der Waals surface area contributed by atoms with E-state index in [0.29, 0.717) is 6.61 Å².